The predicted molar refractivity (Wildman–Crippen MR) is 93.0 cm³/mol. The van der Waals surface area contributed by atoms with E-state index in [1.165, 1.54) is 13.2 Å². The van der Waals surface area contributed by atoms with Gasteiger partial charge < -0.3 is 14.8 Å². The predicted octanol–water partition coefficient (Wildman–Crippen LogP) is 3.03. The summed E-state index contributed by atoms with van der Waals surface area (Å²) >= 11 is 0. The van der Waals surface area contributed by atoms with E-state index in [4.69, 9.17) is 4.74 Å². The number of carbonyl (C=O) groups excluding carboxylic acids is 2. The first-order valence-electron chi connectivity index (χ1n) is 7.33. The number of nitriles is 1. The van der Waals surface area contributed by atoms with E-state index < -0.39 is 11.9 Å². The molecule has 6 heteroatoms. The molecule has 0 atom stereocenters. The first-order chi connectivity index (χ1) is 12.1. The largest absolute Gasteiger partial charge is 0.497 e. The maximum Gasteiger partial charge on any atom is 0.337 e. The molecule has 0 unspecified atom stereocenters. The van der Waals surface area contributed by atoms with E-state index >= 15 is 0 Å². The summed E-state index contributed by atoms with van der Waals surface area (Å²) in [5.74, 6) is -0.308. The Kier molecular flexibility index (Phi) is 5.91. The third kappa shape index (κ3) is 4.69. The fraction of sp³-hybridized carbons (Fsp3) is 0.105. The highest BCUT2D eigenvalue weighted by Gasteiger charge is 2.10. The number of amides is 1. The van der Waals surface area contributed by atoms with Crippen LogP contribution in [-0.4, -0.2) is 26.1 Å². The highest BCUT2D eigenvalue weighted by Crippen LogP contribution is 2.16. The summed E-state index contributed by atoms with van der Waals surface area (Å²) in [6.45, 7) is 0. The number of ether oxygens (including phenoxy) is 2. The molecular weight excluding hydrogens is 320 g/mol. The average Bonchev–Trinajstić information content (AvgIpc) is 2.66. The summed E-state index contributed by atoms with van der Waals surface area (Å²) in [7, 11) is 2.85. The van der Waals surface area contributed by atoms with Gasteiger partial charge in [0.15, 0.2) is 0 Å². The number of methoxy groups -OCH3 is 2. The van der Waals surface area contributed by atoms with Crippen LogP contribution in [0.25, 0.3) is 6.08 Å². The number of benzene rings is 2. The van der Waals surface area contributed by atoms with Crippen molar-refractivity contribution in [2.75, 3.05) is 19.5 Å². The van der Waals surface area contributed by atoms with Gasteiger partial charge in [0.25, 0.3) is 5.91 Å². The van der Waals surface area contributed by atoms with Crippen molar-refractivity contribution in [1.82, 2.24) is 0 Å². The SMILES string of the molecule is COC(=O)c1ccc(C=C(C#N)C(=O)Nc2ccc(OC)cc2)cc1. The number of nitrogens with zero attached hydrogens (tertiary/aromatic N) is 1. The second-order valence-corrected chi connectivity index (χ2v) is 4.97. The Labute approximate surface area is 145 Å². The zero-order valence-corrected chi connectivity index (χ0v) is 13.8. The number of nitrogens with one attached hydrogen (secondary N) is 1. The van der Waals surface area contributed by atoms with Gasteiger partial charge in [-0.05, 0) is 48.0 Å². The van der Waals surface area contributed by atoms with Gasteiger partial charge in [-0.2, -0.15) is 5.26 Å². The van der Waals surface area contributed by atoms with Crippen LogP contribution in [0.2, 0.25) is 0 Å². The molecule has 0 radical (unpaired) electrons. The van der Waals surface area contributed by atoms with E-state index in [1.54, 1.807) is 55.6 Å². The smallest absolute Gasteiger partial charge is 0.337 e. The zero-order valence-electron chi connectivity index (χ0n) is 13.8. The molecule has 1 amide bonds. The minimum absolute atomic E-state index is 0.0540. The highest BCUT2D eigenvalue weighted by atomic mass is 16.5. The van der Waals surface area contributed by atoms with Gasteiger partial charge in [0, 0.05) is 5.69 Å². The number of hydrogen-bond donors (Lipinski definition) is 1. The Morgan fingerprint density at radius 3 is 2.20 bits per heavy atom. The van der Waals surface area contributed by atoms with Gasteiger partial charge in [-0.3, -0.25) is 4.79 Å². The number of hydrogen-bond acceptors (Lipinski definition) is 5. The molecule has 0 aliphatic heterocycles. The molecule has 0 bridgehead atoms. The van der Waals surface area contributed by atoms with Gasteiger partial charge in [-0.1, -0.05) is 12.1 Å². The maximum atomic E-state index is 12.2. The monoisotopic (exact) mass is 336 g/mol. The molecule has 0 aliphatic rings. The van der Waals surface area contributed by atoms with E-state index in [0.29, 0.717) is 22.6 Å². The second-order valence-electron chi connectivity index (χ2n) is 4.97. The molecule has 6 nitrogen and oxygen atoms in total. The molecule has 2 rings (SSSR count). The Bertz CT molecular complexity index is 831. The molecular formula is C19H16N2O4. The van der Waals surface area contributed by atoms with Crippen LogP contribution in [0.1, 0.15) is 15.9 Å². The lowest BCUT2D eigenvalue weighted by molar-refractivity contribution is -0.112. The topological polar surface area (TPSA) is 88.4 Å². The Morgan fingerprint density at radius 1 is 1.04 bits per heavy atom. The minimum Gasteiger partial charge on any atom is -0.497 e. The fourth-order valence-electron chi connectivity index (χ4n) is 2.02. The molecule has 0 fully saturated rings. The van der Waals surface area contributed by atoms with Gasteiger partial charge in [0.2, 0.25) is 0 Å². The number of esters is 1. The summed E-state index contributed by atoms with van der Waals surface area (Å²) in [6.07, 6.45) is 1.44. The van der Waals surface area contributed by atoms with Crippen molar-refractivity contribution in [1.29, 1.82) is 5.26 Å². The fourth-order valence-corrected chi connectivity index (χ4v) is 2.02. The Hall–Kier alpha value is -3.59. The first-order valence-corrected chi connectivity index (χ1v) is 7.33. The van der Waals surface area contributed by atoms with Gasteiger partial charge in [-0.25, -0.2) is 4.79 Å². The molecule has 0 aliphatic carbocycles. The van der Waals surface area contributed by atoms with Crippen molar-refractivity contribution in [2.24, 2.45) is 0 Å². The molecule has 0 saturated carbocycles. The van der Waals surface area contributed by atoms with Crippen molar-refractivity contribution < 1.29 is 19.1 Å². The first kappa shape index (κ1) is 17.8. The van der Waals surface area contributed by atoms with Crippen LogP contribution >= 0.6 is 0 Å². The van der Waals surface area contributed by atoms with Crippen molar-refractivity contribution >= 4 is 23.6 Å². The molecule has 126 valence electrons. The Morgan fingerprint density at radius 2 is 1.68 bits per heavy atom. The lowest BCUT2D eigenvalue weighted by Gasteiger charge is -2.06. The van der Waals surface area contributed by atoms with Gasteiger partial charge in [0.1, 0.15) is 17.4 Å². The lowest BCUT2D eigenvalue weighted by atomic mass is 10.1. The van der Waals surface area contributed by atoms with E-state index in [2.05, 4.69) is 10.1 Å². The van der Waals surface area contributed by atoms with Gasteiger partial charge in [-0.15, -0.1) is 0 Å². The van der Waals surface area contributed by atoms with Crippen molar-refractivity contribution in [3.63, 3.8) is 0 Å². The molecule has 0 aromatic heterocycles. The van der Waals surface area contributed by atoms with Crippen LogP contribution < -0.4 is 10.1 Å². The molecule has 1 N–H and O–H groups in total. The molecule has 25 heavy (non-hydrogen) atoms. The normalized spacial score (nSPS) is 10.5. The van der Waals surface area contributed by atoms with E-state index in [9.17, 15) is 14.9 Å². The number of carbonyl (C=O) groups is 2. The van der Waals surface area contributed by atoms with Gasteiger partial charge in [0.05, 0.1) is 19.8 Å². The second kappa shape index (κ2) is 8.31. The minimum atomic E-state index is -0.523. The van der Waals surface area contributed by atoms with Gasteiger partial charge >= 0.3 is 5.97 Å². The Balaban J connectivity index is 2.14. The van der Waals surface area contributed by atoms with Crippen molar-refractivity contribution in [2.45, 2.75) is 0 Å². The van der Waals surface area contributed by atoms with E-state index in [0.717, 1.165) is 0 Å². The zero-order chi connectivity index (χ0) is 18.2. The summed E-state index contributed by atoms with van der Waals surface area (Å²) < 4.78 is 9.67. The van der Waals surface area contributed by atoms with Crippen molar-refractivity contribution in [3.8, 4) is 11.8 Å². The van der Waals surface area contributed by atoms with Crippen LogP contribution in [0.3, 0.4) is 0 Å². The number of rotatable bonds is 5. The van der Waals surface area contributed by atoms with Crippen LogP contribution in [0.15, 0.2) is 54.1 Å². The molecule has 0 saturated heterocycles. The average molecular weight is 336 g/mol. The molecule has 0 heterocycles. The third-order valence-electron chi connectivity index (χ3n) is 3.36. The summed E-state index contributed by atoms with van der Waals surface area (Å²) in [6, 6.07) is 15.0. The van der Waals surface area contributed by atoms with E-state index in [-0.39, 0.29) is 5.57 Å². The maximum absolute atomic E-state index is 12.2. The highest BCUT2D eigenvalue weighted by molar-refractivity contribution is 6.09. The lowest BCUT2D eigenvalue weighted by Crippen LogP contribution is -2.13. The van der Waals surface area contributed by atoms with Crippen molar-refractivity contribution in [3.05, 3.63) is 65.2 Å². The molecule has 0 spiro atoms. The summed E-state index contributed by atoms with van der Waals surface area (Å²) in [5.41, 5.74) is 1.50. The van der Waals surface area contributed by atoms with E-state index in [1.807, 2.05) is 6.07 Å². The third-order valence-corrected chi connectivity index (χ3v) is 3.36. The van der Waals surface area contributed by atoms with Crippen LogP contribution in [0.5, 0.6) is 5.75 Å². The van der Waals surface area contributed by atoms with Crippen LogP contribution in [0.4, 0.5) is 5.69 Å². The standard InChI is InChI=1S/C19H16N2O4/c1-24-17-9-7-16(8-10-17)21-18(22)15(12-20)11-13-3-5-14(6-4-13)19(23)25-2/h3-11H,1-2H3,(H,21,22). The van der Waals surface area contributed by atoms with Crippen LogP contribution in [0, 0.1) is 11.3 Å². The summed E-state index contributed by atoms with van der Waals surface area (Å²) in [4.78, 5) is 23.6. The number of anilines is 1. The summed E-state index contributed by atoms with van der Waals surface area (Å²) in [5, 5.41) is 11.9. The quantitative estimate of drug-likeness (QED) is 0.515. The van der Waals surface area contributed by atoms with Crippen LogP contribution in [-0.2, 0) is 9.53 Å². The molecule has 2 aromatic rings. The molecule has 2 aromatic carbocycles.